The highest BCUT2D eigenvalue weighted by Gasteiger charge is 2.34. The highest BCUT2D eigenvalue weighted by molar-refractivity contribution is 6.15. The molecule has 0 unspecified atom stereocenters. The van der Waals surface area contributed by atoms with E-state index in [-0.39, 0.29) is 12.2 Å². The number of amides is 4. The van der Waals surface area contributed by atoms with Crippen molar-refractivity contribution in [3.8, 4) is 11.5 Å². The fourth-order valence-corrected chi connectivity index (χ4v) is 2.81. The van der Waals surface area contributed by atoms with Crippen molar-refractivity contribution >= 4 is 29.6 Å². The predicted molar refractivity (Wildman–Crippen MR) is 108 cm³/mol. The molecule has 1 aliphatic heterocycles. The van der Waals surface area contributed by atoms with Crippen LogP contribution < -0.4 is 20.1 Å². The highest BCUT2D eigenvalue weighted by atomic mass is 16.5. The monoisotopic (exact) mass is 395 g/mol. The van der Waals surface area contributed by atoms with E-state index in [1.54, 1.807) is 30.3 Å². The minimum atomic E-state index is -0.652. The maximum absolute atomic E-state index is 12.6. The summed E-state index contributed by atoms with van der Waals surface area (Å²) in [5, 5.41) is 5.16. The van der Waals surface area contributed by atoms with Crippen molar-refractivity contribution in [2.45, 2.75) is 6.92 Å². The molecule has 3 rings (SSSR count). The number of nitrogens with zero attached hydrogens (tertiary/aromatic N) is 1. The van der Waals surface area contributed by atoms with E-state index in [1.807, 2.05) is 19.1 Å². The number of urea groups is 1. The van der Waals surface area contributed by atoms with Crippen molar-refractivity contribution in [1.29, 1.82) is 0 Å². The van der Waals surface area contributed by atoms with Gasteiger partial charge in [0.1, 0.15) is 12.2 Å². The van der Waals surface area contributed by atoms with Crippen LogP contribution in [-0.2, 0) is 9.59 Å². The van der Waals surface area contributed by atoms with Gasteiger partial charge in [-0.3, -0.25) is 9.59 Å². The molecule has 2 N–H and O–H groups in total. The van der Waals surface area contributed by atoms with Gasteiger partial charge in [0.05, 0.1) is 14.2 Å². The first-order valence-electron chi connectivity index (χ1n) is 8.84. The third-order valence-electron chi connectivity index (χ3n) is 4.32. The van der Waals surface area contributed by atoms with Crippen LogP contribution in [-0.4, -0.2) is 43.5 Å². The van der Waals surface area contributed by atoms with Crippen LogP contribution in [0.25, 0.3) is 6.08 Å². The predicted octanol–water partition coefficient (Wildman–Crippen LogP) is 2.54. The van der Waals surface area contributed by atoms with Crippen molar-refractivity contribution in [1.82, 2.24) is 10.2 Å². The second kappa shape index (κ2) is 8.47. The second-order valence-electron chi connectivity index (χ2n) is 6.41. The summed E-state index contributed by atoms with van der Waals surface area (Å²) < 4.78 is 10.4. The number of imide groups is 1. The van der Waals surface area contributed by atoms with Gasteiger partial charge in [-0.1, -0.05) is 23.8 Å². The highest BCUT2D eigenvalue weighted by Crippen LogP contribution is 2.28. The Morgan fingerprint density at radius 2 is 1.76 bits per heavy atom. The SMILES string of the molecule is COc1ccc(/C=C2\NC(=O)N(CC(=O)Nc3ccc(C)cc3)C2=O)cc1OC. The van der Waals surface area contributed by atoms with Gasteiger partial charge in [0.25, 0.3) is 5.91 Å². The van der Waals surface area contributed by atoms with E-state index in [0.717, 1.165) is 10.5 Å². The zero-order chi connectivity index (χ0) is 21.0. The molecular weight excluding hydrogens is 374 g/mol. The number of carbonyl (C=O) groups excluding carboxylic acids is 3. The maximum Gasteiger partial charge on any atom is 0.329 e. The number of hydrogen-bond donors (Lipinski definition) is 2. The van der Waals surface area contributed by atoms with Gasteiger partial charge in [0.2, 0.25) is 5.91 Å². The minimum Gasteiger partial charge on any atom is -0.493 e. The number of aryl methyl sites for hydroxylation is 1. The van der Waals surface area contributed by atoms with Crippen LogP contribution in [0.3, 0.4) is 0 Å². The number of nitrogens with one attached hydrogen (secondary N) is 2. The Bertz CT molecular complexity index is 982. The van der Waals surface area contributed by atoms with Gasteiger partial charge < -0.3 is 20.1 Å². The molecule has 1 aliphatic rings. The van der Waals surface area contributed by atoms with Gasteiger partial charge in [0.15, 0.2) is 11.5 Å². The van der Waals surface area contributed by atoms with E-state index in [1.165, 1.54) is 20.3 Å². The third kappa shape index (κ3) is 4.55. The maximum atomic E-state index is 12.6. The minimum absolute atomic E-state index is 0.0744. The normalized spacial score (nSPS) is 14.7. The largest absolute Gasteiger partial charge is 0.493 e. The number of rotatable bonds is 6. The van der Waals surface area contributed by atoms with Gasteiger partial charge in [-0.25, -0.2) is 9.69 Å². The molecule has 8 heteroatoms. The number of carbonyl (C=O) groups is 3. The summed E-state index contributed by atoms with van der Waals surface area (Å²) in [6, 6.07) is 11.7. The molecule has 0 saturated carbocycles. The van der Waals surface area contributed by atoms with Crippen LogP contribution in [0.2, 0.25) is 0 Å². The van der Waals surface area contributed by atoms with Gasteiger partial charge in [-0.05, 0) is 42.8 Å². The first-order chi connectivity index (χ1) is 13.9. The van der Waals surface area contributed by atoms with Crippen molar-refractivity contribution in [3.05, 3.63) is 59.3 Å². The first-order valence-corrected chi connectivity index (χ1v) is 8.84. The van der Waals surface area contributed by atoms with Crippen molar-refractivity contribution < 1.29 is 23.9 Å². The van der Waals surface area contributed by atoms with Crippen LogP contribution in [0, 0.1) is 6.92 Å². The number of hydrogen-bond acceptors (Lipinski definition) is 5. The molecule has 0 radical (unpaired) electrons. The smallest absolute Gasteiger partial charge is 0.329 e. The van der Waals surface area contributed by atoms with Crippen LogP contribution in [0.1, 0.15) is 11.1 Å². The van der Waals surface area contributed by atoms with E-state index in [0.29, 0.717) is 22.7 Å². The molecule has 1 fully saturated rings. The van der Waals surface area contributed by atoms with Crippen molar-refractivity contribution in [2.75, 3.05) is 26.1 Å². The standard InChI is InChI=1S/C21H21N3O5/c1-13-4-7-15(8-5-13)22-19(25)12-24-20(26)16(23-21(24)27)10-14-6-9-17(28-2)18(11-14)29-3/h4-11H,12H2,1-3H3,(H,22,25)(H,23,27)/b16-10-. The molecular formula is C21H21N3O5. The summed E-state index contributed by atoms with van der Waals surface area (Å²) in [6.45, 7) is 1.55. The quantitative estimate of drug-likeness (QED) is 0.579. The third-order valence-corrected chi connectivity index (χ3v) is 4.32. The van der Waals surface area contributed by atoms with Crippen LogP contribution in [0.15, 0.2) is 48.2 Å². The molecule has 0 bridgehead atoms. The average Bonchev–Trinajstić information content (AvgIpc) is 2.97. The van der Waals surface area contributed by atoms with Crippen molar-refractivity contribution in [3.63, 3.8) is 0 Å². The van der Waals surface area contributed by atoms with E-state index < -0.39 is 17.8 Å². The Labute approximate surface area is 168 Å². The zero-order valence-corrected chi connectivity index (χ0v) is 16.3. The first kappa shape index (κ1) is 19.9. The van der Waals surface area contributed by atoms with Gasteiger partial charge in [-0.15, -0.1) is 0 Å². The number of ether oxygens (including phenoxy) is 2. The zero-order valence-electron chi connectivity index (χ0n) is 16.3. The van der Waals surface area contributed by atoms with E-state index in [4.69, 9.17) is 9.47 Å². The van der Waals surface area contributed by atoms with Crippen LogP contribution >= 0.6 is 0 Å². The Morgan fingerprint density at radius 1 is 1.07 bits per heavy atom. The lowest BCUT2D eigenvalue weighted by molar-refractivity contribution is -0.127. The lowest BCUT2D eigenvalue weighted by Crippen LogP contribution is -2.38. The second-order valence-corrected chi connectivity index (χ2v) is 6.41. The lowest BCUT2D eigenvalue weighted by atomic mass is 10.1. The molecule has 1 heterocycles. The lowest BCUT2D eigenvalue weighted by Gasteiger charge is -2.12. The van der Waals surface area contributed by atoms with Crippen molar-refractivity contribution in [2.24, 2.45) is 0 Å². The summed E-state index contributed by atoms with van der Waals surface area (Å²) >= 11 is 0. The average molecular weight is 395 g/mol. The van der Waals surface area contributed by atoms with Crippen LogP contribution in [0.5, 0.6) is 11.5 Å². The Hall–Kier alpha value is -3.81. The fourth-order valence-electron chi connectivity index (χ4n) is 2.81. The van der Waals surface area contributed by atoms with E-state index in [2.05, 4.69) is 10.6 Å². The van der Waals surface area contributed by atoms with E-state index >= 15 is 0 Å². The topological polar surface area (TPSA) is 97.0 Å². The molecule has 29 heavy (non-hydrogen) atoms. The molecule has 0 aromatic heterocycles. The summed E-state index contributed by atoms with van der Waals surface area (Å²) in [6.07, 6.45) is 1.51. The summed E-state index contributed by atoms with van der Waals surface area (Å²) in [5.74, 6) is -0.00708. The van der Waals surface area contributed by atoms with Gasteiger partial charge in [0, 0.05) is 5.69 Å². The Kier molecular flexibility index (Phi) is 5.82. The molecule has 2 aromatic carbocycles. The van der Waals surface area contributed by atoms with Crippen LogP contribution in [0.4, 0.5) is 10.5 Å². The molecule has 4 amide bonds. The molecule has 150 valence electrons. The number of methoxy groups -OCH3 is 2. The van der Waals surface area contributed by atoms with Gasteiger partial charge in [-0.2, -0.15) is 0 Å². The molecule has 0 aliphatic carbocycles. The fraction of sp³-hybridized carbons (Fsp3) is 0.190. The number of benzene rings is 2. The molecule has 0 spiro atoms. The summed E-state index contributed by atoms with van der Waals surface area (Å²) in [4.78, 5) is 37.8. The molecule has 8 nitrogen and oxygen atoms in total. The summed E-state index contributed by atoms with van der Waals surface area (Å²) in [5.41, 5.74) is 2.36. The van der Waals surface area contributed by atoms with E-state index in [9.17, 15) is 14.4 Å². The Balaban J connectivity index is 1.71. The molecule has 0 atom stereocenters. The molecule has 1 saturated heterocycles. The van der Waals surface area contributed by atoms with Gasteiger partial charge >= 0.3 is 6.03 Å². The Morgan fingerprint density at radius 3 is 2.41 bits per heavy atom. The summed E-state index contributed by atoms with van der Waals surface area (Å²) in [7, 11) is 3.03. The molecule has 2 aromatic rings. The number of anilines is 1.